The zero-order valence-electron chi connectivity index (χ0n) is 13.3. The van der Waals surface area contributed by atoms with Crippen molar-refractivity contribution < 1.29 is 5.11 Å². The number of hydrogen-bond acceptors (Lipinski definition) is 4. The van der Waals surface area contributed by atoms with E-state index in [2.05, 4.69) is 27.0 Å². The van der Waals surface area contributed by atoms with Crippen LogP contribution in [0, 0.1) is 11.3 Å². The highest BCUT2D eigenvalue weighted by molar-refractivity contribution is 5.98. The van der Waals surface area contributed by atoms with E-state index in [4.69, 9.17) is 5.26 Å². The number of fused-ring (bicyclic) bond motifs is 1. The topological polar surface area (TPSA) is 75.9 Å². The van der Waals surface area contributed by atoms with E-state index < -0.39 is 0 Å². The lowest BCUT2D eigenvalue weighted by Gasteiger charge is -2.14. The molecule has 1 aliphatic heterocycles. The lowest BCUT2D eigenvalue weighted by atomic mass is 10.1. The maximum atomic E-state index is 10.3. The molecular weight excluding hydrogens is 300 g/mol. The largest absolute Gasteiger partial charge is 0.494 e. The van der Waals surface area contributed by atoms with Crippen molar-refractivity contribution in [1.82, 2.24) is 14.9 Å². The number of nitrogens with one attached hydrogen (secondary N) is 1. The van der Waals surface area contributed by atoms with Crippen LogP contribution in [0.15, 0.2) is 36.5 Å². The van der Waals surface area contributed by atoms with Crippen LogP contribution in [-0.4, -0.2) is 33.1 Å². The van der Waals surface area contributed by atoms with E-state index >= 15 is 0 Å². The van der Waals surface area contributed by atoms with Crippen LogP contribution in [0.25, 0.3) is 22.2 Å². The Morgan fingerprint density at radius 1 is 1.21 bits per heavy atom. The van der Waals surface area contributed by atoms with Crippen LogP contribution >= 0.6 is 0 Å². The molecule has 120 valence electrons. The second-order valence-electron chi connectivity index (χ2n) is 6.26. The fourth-order valence-electron chi connectivity index (χ4n) is 3.37. The average molecular weight is 318 g/mol. The molecule has 0 radical (unpaired) electrons. The van der Waals surface area contributed by atoms with Crippen molar-refractivity contribution in [3.05, 3.63) is 47.7 Å². The molecule has 0 spiro atoms. The number of nitriles is 1. The number of pyridine rings is 1. The summed E-state index contributed by atoms with van der Waals surface area (Å²) in [5.74, 6) is 0.0832. The number of aromatic hydroxyl groups is 1. The molecule has 1 saturated heterocycles. The maximum Gasteiger partial charge on any atom is 0.199 e. The third-order valence-corrected chi connectivity index (χ3v) is 4.59. The van der Waals surface area contributed by atoms with Gasteiger partial charge in [-0.3, -0.25) is 9.88 Å². The number of H-pyrrole nitrogens is 1. The van der Waals surface area contributed by atoms with Gasteiger partial charge >= 0.3 is 0 Å². The Balaban J connectivity index is 1.69. The summed E-state index contributed by atoms with van der Waals surface area (Å²) in [7, 11) is 0. The van der Waals surface area contributed by atoms with E-state index in [-0.39, 0.29) is 5.88 Å². The number of aromatic nitrogens is 2. The SMILES string of the molecule is N#Cc1ccc2[nH]c(O)c(-c3ccc(CN4CCCC4)cn3)c2c1. The number of rotatable bonds is 3. The molecule has 0 unspecified atom stereocenters. The predicted molar refractivity (Wildman–Crippen MR) is 92.4 cm³/mol. The number of hydrogen-bond donors (Lipinski definition) is 2. The molecule has 24 heavy (non-hydrogen) atoms. The smallest absolute Gasteiger partial charge is 0.199 e. The van der Waals surface area contributed by atoms with Gasteiger partial charge in [0.25, 0.3) is 0 Å². The Morgan fingerprint density at radius 3 is 2.75 bits per heavy atom. The van der Waals surface area contributed by atoms with E-state index in [1.807, 2.05) is 12.3 Å². The second kappa shape index (κ2) is 5.99. The molecule has 3 heterocycles. The van der Waals surface area contributed by atoms with E-state index in [1.165, 1.54) is 18.4 Å². The summed E-state index contributed by atoms with van der Waals surface area (Å²) in [5.41, 5.74) is 3.89. The summed E-state index contributed by atoms with van der Waals surface area (Å²) in [6.07, 6.45) is 4.42. The molecule has 1 fully saturated rings. The minimum Gasteiger partial charge on any atom is -0.494 e. The van der Waals surface area contributed by atoms with Crippen molar-refractivity contribution in [2.75, 3.05) is 13.1 Å². The zero-order chi connectivity index (χ0) is 16.5. The first-order chi connectivity index (χ1) is 11.7. The van der Waals surface area contributed by atoms with Gasteiger partial charge in [-0.25, -0.2) is 0 Å². The third kappa shape index (κ3) is 2.61. The van der Waals surface area contributed by atoms with Crippen LogP contribution in [0.3, 0.4) is 0 Å². The van der Waals surface area contributed by atoms with Crippen LogP contribution in [0.4, 0.5) is 0 Å². The van der Waals surface area contributed by atoms with Crippen molar-refractivity contribution in [2.45, 2.75) is 19.4 Å². The molecule has 2 N–H and O–H groups in total. The Labute approximate surface area is 140 Å². The van der Waals surface area contributed by atoms with Crippen LogP contribution in [0.2, 0.25) is 0 Å². The van der Waals surface area contributed by atoms with E-state index in [0.717, 1.165) is 30.5 Å². The first-order valence-electron chi connectivity index (χ1n) is 8.17. The molecule has 5 heteroatoms. The highest BCUT2D eigenvalue weighted by atomic mass is 16.3. The number of benzene rings is 1. The number of likely N-dealkylation sites (tertiary alicyclic amines) is 1. The van der Waals surface area contributed by atoms with Crippen LogP contribution in [0.5, 0.6) is 5.88 Å². The molecule has 0 saturated carbocycles. The highest BCUT2D eigenvalue weighted by Gasteiger charge is 2.16. The van der Waals surface area contributed by atoms with Crippen LogP contribution in [-0.2, 0) is 6.54 Å². The lowest BCUT2D eigenvalue weighted by molar-refractivity contribution is 0.331. The van der Waals surface area contributed by atoms with Gasteiger partial charge in [0.2, 0.25) is 0 Å². The summed E-state index contributed by atoms with van der Waals surface area (Å²) < 4.78 is 0. The van der Waals surface area contributed by atoms with Crippen molar-refractivity contribution in [3.8, 4) is 23.2 Å². The second-order valence-corrected chi connectivity index (χ2v) is 6.26. The first kappa shape index (κ1) is 14.7. The summed E-state index contributed by atoms with van der Waals surface area (Å²) in [5, 5.41) is 20.2. The molecule has 0 amide bonds. The van der Waals surface area contributed by atoms with Crippen molar-refractivity contribution in [3.63, 3.8) is 0 Å². The monoisotopic (exact) mass is 318 g/mol. The molecule has 0 bridgehead atoms. The number of aromatic amines is 1. The van der Waals surface area contributed by atoms with Crippen molar-refractivity contribution in [1.29, 1.82) is 5.26 Å². The standard InChI is InChI=1S/C19H18N4O/c20-10-13-3-5-16-15(9-13)18(19(24)22-16)17-6-4-14(11-21-17)12-23-7-1-2-8-23/h3-6,9,11,22,24H,1-2,7-8,12H2. The van der Waals surface area contributed by atoms with Gasteiger partial charge in [-0.05, 0) is 55.8 Å². The molecule has 4 rings (SSSR count). The van der Waals surface area contributed by atoms with Crippen molar-refractivity contribution >= 4 is 10.9 Å². The van der Waals surface area contributed by atoms with Gasteiger partial charge in [0.1, 0.15) is 0 Å². The number of nitrogens with zero attached hydrogens (tertiary/aromatic N) is 3. The normalized spacial score (nSPS) is 15.0. The van der Waals surface area contributed by atoms with Gasteiger partial charge in [-0.1, -0.05) is 6.07 Å². The van der Waals surface area contributed by atoms with E-state index in [9.17, 15) is 5.11 Å². The predicted octanol–water partition coefficient (Wildman–Crippen LogP) is 3.40. The van der Waals surface area contributed by atoms with Gasteiger partial charge in [0.15, 0.2) is 5.88 Å². The lowest BCUT2D eigenvalue weighted by Crippen LogP contribution is -2.18. The quantitative estimate of drug-likeness (QED) is 0.776. The first-order valence-corrected chi connectivity index (χ1v) is 8.17. The van der Waals surface area contributed by atoms with Gasteiger partial charge in [0, 0.05) is 23.6 Å². The minimum atomic E-state index is 0.0832. The van der Waals surface area contributed by atoms with Gasteiger partial charge < -0.3 is 10.1 Å². The summed E-state index contributed by atoms with van der Waals surface area (Å²) >= 11 is 0. The summed E-state index contributed by atoms with van der Waals surface area (Å²) in [6, 6.07) is 11.4. The van der Waals surface area contributed by atoms with Crippen LogP contribution < -0.4 is 0 Å². The van der Waals surface area contributed by atoms with Gasteiger partial charge in [-0.15, -0.1) is 0 Å². The fourth-order valence-corrected chi connectivity index (χ4v) is 3.37. The fraction of sp³-hybridized carbons (Fsp3) is 0.263. The molecule has 5 nitrogen and oxygen atoms in total. The summed E-state index contributed by atoms with van der Waals surface area (Å²) in [4.78, 5) is 9.92. The van der Waals surface area contributed by atoms with Crippen LogP contribution in [0.1, 0.15) is 24.0 Å². The van der Waals surface area contributed by atoms with Gasteiger partial charge in [0.05, 0.1) is 22.9 Å². The van der Waals surface area contributed by atoms with Crippen molar-refractivity contribution in [2.24, 2.45) is 0 Å². The molecule has 2 aromatic heterocycles. The van der Waals surface area contributed by atoms with Gasteiger partial charge in [-0.2, -0.15) is 5.26 Å². The Kier molecular flexibility index (Phi) is 3.68. The molecule has 0 aliphatic carbocycles. The average Bonchev–Trinajstić information content (AvgIpc) is 3.22. The molecule has 1 aromatic carbocycles. The van der Waals surface area contributed by atoms with E-state index in [1.54, 1.807) is 18.2 Å². The Morgan fingerprint density at radius 2 is 2.04 bits per heavy atom. The third-order valence-electron chi connectivity index (χ3n) is 4.59. The zero-order valence-corrected chi connectivity index (χ0v) is 13.3. The Bertz CT molecular complexity index is 915. The maximum absolute atomic E-state index is 10.3. The highest BCUT2D eigenvalue weighted by Crippen LogP contribution is 2.36. The minimum absolute atomic E-state index is 0.0832. The molecule has 1 aliphatic rings. The molecule has 3 aromatic rings. The Hall–Kier alpha value is -2.84. The molecule has 0 atom stereocenters. The summed E-state index contributed by atoms with van der Waals surface area (Å²) in [6.45, 7) is 3.23. The van der Waals surface area contributed by atoms with E-state index in [0.29, 0.717) is 16.8 Å². The molecular formula is C19H18N4O.